The summed E-state index contributed by atoms with van der Waals surface area (Å²) >= 11 is 2.27. The van der Waals surface area contributed by atoms with Gasteiger partial charge in [-0.2, -0.15) is 0 Å². The zero-order valence-electron chi connectivity index (χ0n) is 10.7. The standard InChI is InChI=1S/C15H11IN2O2/c1-9-17-14-10(15(19)20)5-4-8-13(14)18(9)12-7-3-2-6-11(12)16/h2-8H,1H3,(H,19,20). The van der Waals surface area contributed by atoms with Crippen LogP contribution in [0, 0.1) is 10.5 Å². The molecule has 1 N–H and O–H groups in total. The van der Waals surface area contributed by atoms with E-state index in [1.54, 1.807) is 12.1 Å². The highest BCUT2D eigenvalue weighted by molar-refractivity contribution is 14.1. The molecule has 0 radical (unpaired) electrons. The molecule has 20 heavy (non-hydrogen) atoms. The monoisotopic (exact) mass is 378 g/mol. The van der Waals surface area contributed by atoms with Crippen LogP contribution >= 0.6 is 22.6 Å². The number of aromatic carboxylic acids is 1. The number of nitrogens with zero attached hydrogens (tertiary/aromatic N) is 2. The number of benzene rings is 2. The van der Waals surface area contributed by atoms with E-state index in [1.165, 1.54) is 0 Å². The Kier molecular flexibility index (Phi) is 3.21. The average Bonchev–Trinajstić information content (AvgIpc) is 2.75. The van der Waals surface area contributed by atoms with Gasteiger partial charge in [0, 0.05) is 3.57 Å². The van der Waals surface area contributed by atoms with Gasteiger partial charge in [-0.3, -0.25) is 4.57 Å². The summed E-state index contributed by atoms with van der Waals surface area (Å²) in [6.45, 7) is 1.88. The van der Waals surface area contributed by atoms with Gasteiger partial charge < -0.3 is 5.11 Å². The van der Waals surface area contributed by atoms with Crippen molar-refractivity contribution in [3.63, 3.8) is 0 Å². The number of imidazole rings is 1. The molecule has 1 heterocycles. The van der Waals surface area contributed by atoms with Crippen molar-refractivity contribution in [3.05, 3.63) is 57.4 Å². The number of hydrogen-bond acceptors (Lipinski definition) is 2. The minimum Gasteiger partial charge on any atom is -0.478 e. The lowest BCUT2D eigenvalue weighted by atomic mass is 10.2. The molecule has 0 atom stereocenters. The number of hydrogen-bond donors (Lipinski definition) is 1. The van der Waals surface area contributed by atoms with Gasteiger partial charge in [-0.1, -0.05) is 18.2 Å². The number of aromatic nitrogens is 2. The Morgan fingerprint density at radius 3 is 2.65 bits per heavy atom. The third kappa shape index (κ3) is 1.98. The van der Waals surface area contributed by atoms with Crippen LogP contribution in [0.25, 0.3) is 16.7 Å². The molecule has 0 saturated heterocycles. The van der Waals surface area contributed by atoms with Crippen molar-refractivity contribution in [2.75, 3.05) is 0 Å². The molecule has 0 fully saturated rings. The fourth-order valence-corrected chi connectivity index (χ4v) is 2.95. The van der Waals surface area contributed by atoms with Crippen molar-refractivity contribution in [1.29, 1.82) is 0 Å². The summed E-state index contributed by atoms with van der Waals surface area (Å²) < 4.78 is 3.08. The van der Waals surface area contributed by atoms with Crippen LogP contribution in [-0.2, 0) is 0 Å². The predicted octanol–water partition coefficient (Wildman–Crippen LogP) is 3.64. The first kappa shape index (κ1) is 13.1. The molecule has 5 heteroatoms. The quantitative estimate of drug-likeness (QED) is 0.693. The Bertz CT molecular complexity index is 824. The molecule has 0 spiro atoms. The lowest BCUT2D eigenvalue weighted by Gasteiger charge is -2.09. The first-order valence-corrected chi connectivity index (χ1v) is 7.13. The molecule has 3 aromatic rings. The summed E-state index contributed by atoms with van der Waals surface area (Å²) in [6, 6.07) is 13.2. The molecule has 3 rings (SSSR count). The molecule has 0 aliphatic carbocycles. The van der Waals surface area contributed by atoms with Crippen LogP contribution in [0.1, 0.15) is 16.2 Å². The molecular weight excluding hydrogens is 367 g/mol. The van der Waals surface area contributed by atoms with Crippen LogP contribution in [0.5, 0.6) is 0 Å². The van der Waals surface area contributed by atoms with Crippen molar-refractivity contribution in [1.82, 2.24) is 9.55 Å². The summed E-state index contributed by atoms with van der Waals surface area (Å²) in [5, 5.41) is 9.26. The largest absolute Gasteiger partial charge is 0.478 e. The molecule has 0 bridgehead atoms. The molecule has 0 aliphatic rings. The number of aryl methyl sites for hydroxylation is 1. The Morgan fingerprint density at radius 2 is 1.95 bits per heavy atom. The lowest BCUT2D eigenvalue weighted by molar-refractivity contribution is 0.0699. The molecule has 1 aromatic heterocycles. The molecule has 0 unspecified atom stereocenters. The highest BCUT2D eigenvalue weighted by atomic mass is 127. The Morgan fingerprint density at radius 1 is 1.20 bits per heavy atom. The SMILES string of the molecule is Cc1nc2c(C(=O)O)cccc2n1-c1ccccc1I. The van der Waals surface area contributed by atoms with Crippen LogP contribution in [0.2, 0.25) is 0 Å². The summed E-state index contributed by atoms with van der Waals surface area (Å²) in [7, 11) is 0. The smallest absolute Gasteiger partial charge is 0.337 e. The number of halogens is 1. The van der Waals surface area contributed by atoms with Crippen LogP contribution in [0.3, 0.4) is 0 Å². The fraction of sp³-hybridized carbons (Fsp3) is 0.0667. The van der Waals surface area contributed by atoms with Crippen molar-refractivity contribution in [2.24, 2.45) is 0 Å². The Labute approximate surface area is 129 Å². The second-order valence-corrected chi connectivity index (χ2v) is 5.59. The van der Waals surface area contributed by atoms with Gasteiger partial charge in [-0.15, -0.1) is 0 Å². The van der Waals surface area contributed by atoms with Crippen LogP contribution in [0.15, 0.2) is 42.5 Å². The number of carboxylic acids is 1. The predicted molar refractivity (Wildman–Crippen MR) is 85.5 cm³/mol. The minimum atomic E-state index is -0.956. The number of rotatable bonds is 2. The van der Waals surface area contributed by atoms with Gasteiger partial charge in [0.05, 0.1) is 16.8 Å². The van der Waals surface area contributed by atoms with Gasteiger partial charge in [0.2, 0.25) is 0 Å². The normalized spacial score (nSPS) is 10.9. The summed E-state index contributed by atoms with van der Waals surface area (Å²) in [4.78, 5) is 15.7. The van der Waals surface area contributed by atoms with Crippen molar-refractivity contribution in [3.8, 4) is 5.69 Å². The molecule has 4 nitrogen and oxygen atoms in total. The molecule has 0 amide bonds. The summed E-state index contributed by atoms with van der Waals surface area (Å²) in [6.07, 6.45) is 0. The topological polar surface area (TPSA) is 55.1 Å². The number of fused-ring (bicyclic) bond motifs is 1. The van der Waals surface area contributed by atoms with Gasteiger partial charge in [0.15, 0.2) is 0 Å². The van der Waals surface area contributed by atoms with Crippen LogP contribution < -0.4 is 0 Å². The van der Waals surface area contributed by atoms with E-state index in [2.05, 4.69) is 27.6 Å². The summed E-state index contributed by atoms with van der Waals surface area (Å²) in [5.74, 6) is -0.180. The zero-order valence-corrected chi connectivity index (χ0v) is 12.8. The second kappa shape index (κ2) is 4.90. The minimum absolute atomic E-state index is 0.232. The van der Waals surface area contributed by atoms with E-state index >= 15 is 0 Å². The van der Waals surface area contributed by atoms with E-state index in [4.69, 9.17) is 0 Å². The fourth-order valence-electron chi connectivity index (χ4n) is 2.33. The summed E-state index contributed by atoms with van der Waals surface area (Å²) in [5.41, 5.74) is 2.58. The van der Waals surface area contributed by atoms with E-state index in [9.17, 15) is 9.90 Å². The van der Waals surface area contributed by atoms with E-state index in [0.29, 0.717) is 5.52 Å². The second-order valence-electron chi connectivity index (χ2n) is 4.42. The maximum atomic E-state index is 11.3. The Balaban J connectivity index is 2.38. The number of carboxylic acid groups (broad SMARTS) is 1. The van der Waals surface area contributed by atoms with Crippen molar-refractivity contribution < 1.29 is 9.90 Å². The van der Waals surface area contributed by atoms with Gasteiger partial charge in [-0.05, 0) is 53.8 Å². The van der Waals surface area contributed by atoms with Gasteiger partial charge in [-0.25, -0.2) is 9.78 Å². The first-order valence-electron chi connectivity index (χ1n) is 6.06. The number of carbonyl (C=O) groups is 1. The van der Waals surface area contributed by atoms with Crippen LogP contribution in [0.4, 0.5) is 0 Å². The van der Waals surface area contributed by atoms with Gasteiger partial charge >= 0.3 is 5.97 Å². The molecule has 2 aromatic carbocycles. The molecular formula is C15H11IN2O2. The van der Waals surface area contributed by atoms with Crippen LogP contribution in [-0.4, -0.2) is 20.6 Å². The zero-order chi connectivity index (χ0) is 14.3. The van der Waals surface area contributed by atoms with E-state index < -0.39 is 5.97 Å². The molecule has 100 valence electrons. The molecule has 0 aliphatic heterocycles. The molecule has 0 saturated carbocycles. The van der Waals surface area contributed by atoms with E-state index in [0.717, 1.165) is 20.6 Å². The third-order valence-electron chi connectivity index (χ3n) is 3.18. The van der Waals surface area contributed by atoms with Gasteiger partial charge in [0.25, 0.3) is 0 Å². The maximum Gasteiger partial charge on any atom is 0.337 e. The number of para-hydroxylation sites is 2. The third-order valence-corrected chi connectivity index (χ3v) is 4.09. The van der Waals surface area contributed by atoms with E-state index in [-0.39, 0.29) is 5.56 Å². The van der Waals surface area contributed by atoms with Gasteiger partial charge in [0.1, 0.15) is 11.3 Å². The first-order chi connectivity index (χ1) is 9.59. The maximum absolute atomic E-state index is 11.3. The highest BCUT2D eigenvalue weighted by Crippen LogP contribution is 2.26. The van der Waals surface area contributed by atoms with Crippen molar-refractivity contribution in [2.45, 2.75) is 6.92 Å². The highest BCUT2D eigenvalue weighted by Gasteiger charge is 2.16. The Hall–Kier alpha value is -1.89. The lowest BCUT2D eigenvalue weighted by Crippen LogP contribution is -2.00. The van der Waals surface area contributed by atoms with Crippen molar-refractivity contribution >= 4 is 39.6 Å². The van der Waals surface area contributed by atoms with E-state index in [1.807, 2.05) is 41.8 Å². The average molecular weight is 378 g/mol.